The number of carboxylic acid groups (broad SMARTS) is 1. The molecule has 0 fully saturated rings. The summed E-state index contributed by atoms with van der Waals surface area (Å²) in [6, 6.07) is 15.9. The maximum absolute atomic E-state index is 12.3. The minimum atomic E-state index is -0.836. The van der Waals surface area contributed by atoms with E-state index in [1.807, 2.05) is 24.3 Å². The van der Waals surface area contributed by atoms with Gasteiger partial charge in [-0.2, -0.15) is 0 Å². The molecule has 2 aromatic rings. The summed E-state index contributed by atoms with van der Waals surface area (Å²) in [4.78, 5) is 35.1. The van der Waals surface area contributed by atoms with Crippen molar-refractivity contribution in [1.82, 2.24) is 10.6 Å². The van der Waals surface area contributed by atoms with Crippen molar-refractivity contribution in [2.45, 2.75) is 45.1 Å². The zero-order valence-electron chi connectivity index (χ0n) is 18.5. The van der Waals surface area contributed by atoms with E-state index in [0.29, 0.717) is 19.4 Å². The highest BCUT2D eigenvalue weighted by Gasteiger charge is 2.29. The van der Waals surface area contributed by atoms with Gasteiger partial charge in [0.05, 0.1) is 5.92 Å². The summed E-state index contributed by atoms with van der Waals surface area (Å²) in [5.41, 5.74) is 4.62. The fourth-order valence-electron chi connectivity index (χ4n) is 4.00. The number of fused-ring (bicyclic) bond motifs is 3. The normalized spacial score (nSPS) is 14.1. The Labute approximate surface area is 188 Å². The summed E-state index contributed by atoms with van der Waals surface area (Å²) in [5.74, 6) is -1.47. The van der Waals surface area contributed by atoms with Crippen LogP contribution in [0.4, 0.5) is 4.79 Å². The van der Waals surface area contributed by atoms with Crippen LogP contribution in [-0.2, 0) is 14.3 Å². The lowest BCUT2D eigenvalue weighted by Gasteiger charge is -2.17. The Kier molecular flexibility index (Phi) is 7.87. The van der Waals surface area contributed by atoms with Crippen molar-refractivity contribution in [3.8, 4) is 11.1 Å². The Balaban J connectivity index is 1.42. The molecule has 0 bridgehead atoms. The number of rotatable bonds is 10. The standard InChI is InChI=1S/C25H30N2O5/c1-16(24(29)30)8-7-13-26-23(28)14-17(2)27-25(31)32-15-22-20-11-5-3-9-18(20)19-10-4-6-12-21(19)22/h3-6,9-12,16-17,22H,7-8,13-15H2,1-2H3,(H,26,28)(H,27,31)(H,29,30)/t16?,17-/m0/s1. The number of hydrogen-bond donors (Lipinski definition) is 3. The van der Waals surface area contributed by atoms with E-state index in [0.717, 1.165) is 11.1 Å². The van der Waals surface area contributed by atoms with Crippen LogP contribution in [0.5, 0.6) is 0 Å². The lowest BCUT2D eigenvalue weighted by atomic mass is 9.98. The monoisotopic (exact) mass is 438 g/mol. The first-order valence-corrected chi connectivity index (χ1v) is 11.0. The number of alkyl carbamates (subject to hydrolysis) is 1. The molecule has 7 nitrogen and oxygen atoms in total. The molecule has 0 saturated heterocycles. The molecule has 3 rings (SSSR count). The van der Waals surface area contributed by atoms with Crippen molar-refractivity contribution in [2.75, 3.05) is 13.2 Å². The molecule has 1 unspecified atom stereocenters. The third kappa shape index (κ3) is 5.87. The van der Waals surface area contributed by atoms with Crippen LogP contribution < -0.4 is 10.6 Å². The second-order valence-electron chi connectivity index (χ2n) is 8.31. The topological polar surface area (TPSA) is 105 Å². The molecule has 170 valence electrons. The maximum Gasteiger partial charge on any atom is 0.407 e. The van der Waals surface area contributed by atoms with Gasteiger partial charge in [0, 0.05) is 24.9 Å². The number of ether oxygens (including phenoxy) is 1. The van der Waals surface area contributed by atoms with E-state index >= 15 is 0 Å². The third-order valence-corrected chi connectivity index (χ3v) is 5.76. The zero-order valence-corrected chi connectivity index (χ0v) is 18.5. The largest absolute Gasteiger partial charge is 0.481 e. The van der Waals surface area contributed by atoms with Crippen LogP contribution in [0.25, 0.3) is 11.1 Å². The Morgan fingerprint density at radius 1 is 1.00 bits per heavy atom. The van der Waals surface area contributed by atoms with Gasteiger partial charge in [0.1, 0.15) is 6.61 Å². The smallest absolute Gasteiger partial charge is 0.407 e. The highest BCUT2D eigenvalue weighted by molar-refractivity contribution is 5.79. The quantitative estimate of drug-likeness (QED) is 0.488. The summed E-state index contributed by atoms with van der Waals surface area (Å²) in [6.45, 7) is 4.02. The molecule has 1 aliphatic carbocycles. The lowest BCUT2D eigenvalue weighted by Crippen LogP contribution is -2.38. The number of carbonyl (C=O) groups excluding carboxylic acids is 2. The highest BCUT2D eigenvalue weighted by atomic mass is 16.5. The summed E-state index contributed by atoms with van der Waals surface area (Å²) in [6.07, 6.45) is 0.664. The van der Waals surface area contributed by atoms with Gasteiger partial charge in [-0.15, -0.1) is 0 Å². The average molecular weight is 439 g/mol. The molecule has 3 N–H and O–H groups in total. The van der Waals surface area contributed by atoms with Crippen LogP contribution in [0.15, 0.2) is 48.5 Å². The number of benzene rings is 2. The summed E-state index contributed by atoms with van der Waals surface area (Å²) < 4.78 is 5.50. The first-order valence-electron chi connectivity index (χ1n) is 11.0. The van der Waals surface area contributed by atoms with Crippen molar-refractivity contribution in [2.24, 2.45) is 5.92 Å². The SMILES string of the molecule is CC(CCCNC(=O)C[C@H](C)NC(=O)OCC1c2ccccc2-c2ccccc21)C(=O)O. The molecule has 0 saturated carbocycles. The lowest BCUT2D eigenvalue weighted by molar-refractivity contribution is -0.141. The van der Waals surface area contributed by atoms with Gasteiger partial charge in [-0.25, -0.2) is 4.79 Å². The fraction of sp³-hybridized carbons (Fsp3) is 0.400. The van der Waals surface area contributed by atoms with Crippen LogP contribution in [0, 0.1) is 5.92 Å². The maximum atomic E-state index is 12.3. The van der Waals surface area contributed by atoms with Gasteiger partial charge in [-0.3, -0.25) is 9.59 Å². The van der Waals surface area contributed by atoms with E-state index in [-0.39, 0.29) is 30.9 Å². The molecular weight excluding hydrogens is 408 g/mol. The molecule has 0 aliphatic heterocycles. The predicted molar refractivity (Wildman–Crippen MR) is 121 cm³/mol. The number of amides is 2. The van der Waals surface area contributed by atoms with Crippen LogP contribution >= 0.6 is 0 Å². The zero-order chi connectivity index (χ0) is 23.1. The van der Waals surface area contributed by atoms with Gasteiger partial charge >= 0.3 is 12.1 Å². The molecule has 0 heterocycles. The highest BCUT2D eigenvalue weighted by Crippen LogP contribution is 2.44. The average Bonchev–Trinajstić information content (AvgIpc) is 3.08. The van der Waals surface area contributed by atoms with Crippen molar-refractivity contribution >= 4 is 18.0 Å². The molecule has 1 aliphatic rings. The minimum absolute atomic E-state index is 0.0139. The molecule has 2 atom stereocenters. The second kappa shape index (κ2) is 10.8. The second-order valence-corrected chi connectivity index (χ2v) is 8.31. The predicted octanol–water partition coefficient (Wildman–Crippen LogP) is 3.92. The van der Waals surface area contributed by atoms with Gasteiger partial charge in [0.15, 0.2) is 0 Å². The van der Waals surface area contributed by atoms with Gasteiger partial charge in [-0.1, -0.05) is 55.5 Å². The molecule has 2 amide bonds. The molecule has 32 heavy (non-hydrogen) atoms. The molecular formula is C25H30N2O5. The Hall–Kier alpha value is -3.35. The number of carboxylic acids is 1. The van der Waals surface area contributed by atoms with Crippen LogP contribution in [0.3, 0.4) is 0 Å². The van der Waals surface area contributed by atoms with Gasteiger partial charge in [0.2, 0.25) is 5.91 Å². The van der Waals surface area contributed by atoms with Crippen molar-refractivity contribution in [3.63, 3.8) is 0 Å². The third-order valence-electron chi connectivity index (χ3n) is 5.76. The molecule has 7 heteroatoms. The van der Waals surface area contributed by atoms with Gasteiger partial charge in [-0.05, 0) is 42.0 Å². The number of nitrogens with one attached hydrogen (secondary N) is 2. The number of aliphatic carboxylic acids is 1. The molecule has 2 aromatic carbocycles. The first-order chi connectivity index (χ1) is 15.4. The Morgan fingerprint density at radius 2 is 1.59 bits per heavy atom. The summed E-state index contributed by atoms with van der Waals surface area (Å²) in [5, 5.41) is 14.3. The van der Waals surface area contributed by atoms with E-state index in [1.54, 1.807) is 13.8 Å². The van der Waals surface area contributed by atoms with E-state index in [1.165, 1.54) is 11.1 Å². The van der Waals surface area contributed by atoms with E-state index < -0.39 is 18.0 Å². The summed E-state index contributed by atoms with van der Waals surface area (Å²) in [7, 11) is 0. The van der Waals surface area contributed by atoms with Crippen LogP contribution in [0.2, 0.25) is 0 Å². The molecule has 0 aromatic heterocycles. The summed E-state index contributed by atoms with van der Waals surface area (Å²) >= 11 is 0. The van der Waals surface area contributed by atoms with E-state index in [9.17, 15) is 14.4 Å². The number of hydrogen-bond acceptors (Lipinski definition) is 4. The van der Waals surface area contributed by atoms with E-state index in [2.05, 4.69) is 34.9 Å². The van der Waals surface area contributed by atoms with Crippen molar-refractivity contribution < 1.29 is 24.2 Å². The first kappa shape index (κ1) is 23.3. The van der Waals surface area contributed by atoms with Crippen molar-refractivity contribution in [1.29, 1.82) is 0 Å². The van der Waals surface area contributed by atoms with Crippen molar-refractivity contribution in [3.05, 3.63) is 59.7 Å². The van der Waals surface area contributed by atoms with Crippen LogP contribution in [-0.4, -0.2) is 42.3 Å². The fourth-order valence-corrected chi connectivity index (χ4v) is 4.00. The Morgan fingerprint density at radius 3 is 2.19 bits per heavy atom. The number of carbonyl (C=O) groups is 3. The molecule has 0 spiro atoms. The van der Waals surface area contributed by atoms with E-state index in [4.69, 9.17) is 9.84 Å². The van der Waals surface area contributed by atoms with Gasteiger partial charge < -0.3 is 20.5 Å². The molecule has 0 radical (unpaired) electrons. The minimum Gasteiger partial charge on any atom is -0.481 e. The van der Waals surface area contributed by atoms with Crippen LogP contribution in [0.1, 0.15) is 50.2 Å². The van der Waals surface area contributed by atoms with Gasteiger partial charge in [0.25, 0.3) is 0 Å². The Bertz CT molecular complexity index is 929.